The summed E-state index contributed by atoms with van der Waals surface area (Å²) in [5.74, 6) is 1.10. The average Bonchev–Trinajstić information content (AvgIpc) is 3.30. The second kappa shape index (κ2) is 8.52. The lowest BCUT2D eigenvalue weighted by molar-refractivity contribution is -0.384. The number of anilines is 1. The molecule has 1 aromatic heterocycles. The lowest BCUT2D eigenvalue weighted by Gasteiger charge is -2.12. The summed E-state index contributed by atoms with van der Waals surface area (Å²) in [5.41, 5.74) is 1.17. The van der Waals surface area contributed by atoms with E-state index in [1.54, 1.807) is 18.3 Å². The van der Waals surface area contributed by atoms with Crippen LogP contribution in [0.1, 0.15) is 0 Å². The Balaban J connectivity index is 1.58. The topological polar surface area (TPSA) is 125 Å². The molecule has 4 rings (SSSR count). The van der Waals surface area contributed by atoms with E-state index in [1.165, 1.54) is 31.4 Å². The maximum atomic E-state index is 12.8. The molecule has 32 heavy (non-hydrogen) atoms. The number of oxazole rings is 1. The average molecular weight is 451 g/mol. The van der Waals surface area contributed by atoms with Crippen molar-refractivity contribution < 1.29 is 22.5 Å². The summed E-state index contributed by atoms with van der Waals surface area (Å²) >= 11 is 0. The van der Waals surface area contributed by atoms with E-state index in [0.717, 1.165) is 11.6 Å². The second-order valence-electron chi connectivity index (χ2n) is 6.67. The van der Waals surface area contributed by atoms with Gasteiger partial charge in [0.2, 0.25) is 5.89 Å². The summed E-state index contributed by atoms with van der Waals surface area (Å²) < 4.78 is 38.9. The molecule has 0 unspecified atom stereocenters. The number of benzene rings is 3. The van der Waals surface area contributed by atoms with Crippen LogP contribution in [-0.2, 0) is 10.0 Å². The van der Waals surface area contributed by atoms with Crippen LogP contribution >= 0.6 is 0 Å². The van der Waals surface area contributed by atoms with Crippen LogP contribution in [0.4, 0.5) is 11.4 Å². The van der Waals surface area contributed by atoms with Crippen molar-refractivity contribution in [1.82, 2.24) is 4.98 Å². The number of nitro benzene ring substituents is 1. The van der Waals surface area contributed by atoms with Gasteiger partial charge in [-0.1, -0.05) is 30.3 Å². The minimum absolute atomic E-state index is 0.0361. The van der Waals surface area contributed by atoms with Crippen molar-refractivity contribution in [2.45, 2.75) is 4.90 Å². The molecule has 0 radical (unpaired) electrons. The van der Waals surface area contributed by atoms with Crippen molar-refractivity contribution in [2.24, 2.45) is 0 Å². The lowest BCUT2D eigenvalue weighted by Crippen LogP contribution is -2.13. The SMILES string of the molecule is COc1ccc([N+](=O)[O-])cc1NS(=O)(=O)c1ccc(-c2ncc(-c3ccccc3)o2)cc1. The number of hydrogen-bond donors (Lipinski definition) is 1. The van der Waals surface area contributed by atoms with Gasteiger partial charge in [-0.25, -0.2) is 13.4 Å². The Hall–Kier alpha value is -4.18. The smallest absolute Gasteiger partial charge is 0.271 e. The van der Waals surface area contributed by atoms with Gasteiger partial charge in [-0.2, -0.15) is 0 Å². The van der Waals surface area contributed by atoms with Gasteiger partial charge in [0.25, 0.3) is 15.7 Å². The third-order valence-corrected chi connectivity index (χ3v) is 6.00. The van der Waals surface area contributed by atoms with E-state index in [4.69, 9.17) is 9.15 Å². The summed E-state index contributed by atoms with van der Waals surface area (Å²) in [5, 5.41) is 11.0. The number of sulfonamides is 1. The van der Waals surface area contributed by atoms with Gasteiger partial charge in [0.05, 0.1) is 28.8 Å². The molecular weight excluding hydrogens is 434 g/mol. The molecule has 162 valence electrons. The van der Waals surface area contributed by atoms with Crippen molar-refractivity contribution >= 4 is 21.4 Å². The molecule has 1 N–H and O–H groups in total. The molecule has 0 fully saturated rings. The molecule has 0 spiro atoms. The molecule has 9 nitrogen and oxygen atoms in total. The highest BCUT2D eigenvalue weighted by Crippen LogP contribution is 2.31. The first-order valence-electron chi connectivity index (χ1n) is 9.34. The molecule has 1 heterocycles. The summed E-state index contributed by atoms with van der Waals surface area (Å²) in [6.45, 7) is 0. The van der Waals surface area contributed by atoms with Gasteiger partial charge in [-0.15, -0.1) is 0 Å². The van der Waals surface area contributed by atoms with Crippen LogP contribution in [-0.4, -0.2) is 25.4 Å². The van der Waals surface area contributed by atoms with Crippen LogP contribution < -0.4 is 9.46 Å². The molecule has 0 saturated carbocycles. The maximum absolute atomic E-state index is 12.8. The van der Waals surface area contributed by atoms with E-state index in [9.17, 15) is 18.5 Å². The molecule has 0 aliphatic carbocycles. The molecule has 0 atom stereocenters. The van der Waals surface area contributed by atoms with Gasteiger partial charge in [0.1, 0.15) is 5.75 Å². The fourth-order valence-electron chi connectivity index (χ4n) is 3.01. The van der Waals surface area contributed by atoms with Crippen molar-refractivity contribution in [3.8, 4) is 28.5 Å². The van der Waals surface area contributed by atoms with Crippen LogP contribution in [0, 0.1) is 10.1 Å². The summed E-state index contributed by atoms with van der Waals surface area (Å²) in [6, 6.07) is 19.1. The van der Waals surface area contributed by atoms with Gasteiger partial charge in [0, 0.05) is 23.3 Å². The van der Waals surface area contributed by atoms with Gasteiger partial charge in [-0.3, -0.25) is 14.8 Å². The molecular formula is C22H17N3O6S. The monoisotopic (exact) mass is 451 g/mol. The van der Waals surface area contributed by atoms with Crippen LogP contribution in [0.3, 0.4) is 0 Å². The van der Waals surface area contributed by atoms with Gasteiger partial charge in [-0.05, 0) is 30.3 Å². The fraction of sp³-hybridized carbons (Fsp3) is 0.0455. The Morgan fingerprint density at radius 2 is 1.72 bits per heavy atom. The second-order valence-corrected chi connectivity index (χ2v) is 8.35. The molecule has 0 aliphatic heterocycles. The highest BCUT2D eigenvalue weighted by Gasteiger charge is 2.20. The van der Waals surface area contributed by atoms with E-state index >= 15 is 0 Å². The fourth-order valence-corrected chi connectivity index (χ4v) is 4.07. The van der Waals surface area contributed by atoms with Crippen molar-refractivity contribution in [1.29, 1.82) is 0 Å². The maximum Gasteiger partial charge on any atom is 0.271 e. The Morgan fingerprint density at radius 3 is 2.38 bits per heavy atom. The first-order valence-corrected chi connectivity index (χ1v) is 10.8. The van der Waals surface area contributed by atoms with Gasteiger partial charge >= 0.3 is 0 Å². The number of methoxy groups -OCH3 is 1. The number of nitrogens with one attached hydrogen (secondary N) is 1. The lowest BCUT2D eigenvalue weighted by atomic mass is 10.2. The predicted octanol–water partition coefficient (Wildman–Crippen LogP) is 4.73. The Bertz CT molecular complexity index is 1370. The third kappa shape index (κ3) is 4.30. The molecule has 4 aromatic rings. The number of ether oxygens (including phenoxy) is 1. The number of aromatic nitrogens is 1. The Kier molecular flexibility index (Phi) is 5.61. The van der Waals surface area contributed by atoms with Crippen LogP contribution in [0.25, 0.3) is 22.8 Å². The zero-order valence-electron chi connectivity index (χ0n) is 16.8. The summed E-state index contributed by atoms with van der Waals surface area (Å²) in [6.07, 6.45) is 1.60. The molecule has 3 aromatic carbocycles. The molecule has 0 saturated heterocycles. The first-order chi connectivity index (χ1) is 15.4. The molecule has 0 amide bonds. The molecule has 0 aliphatic rings. The van der Waals surface area contributed by atoms with E-state index in [2.05, 4.69) is 9.71 Å². The van der Waals surface area contributed by atoms with E-state index in [-0.39, 0.29) is 22.0 Å². The summed E-state index contributed by atoms with van der Waals surface area (Å²) in [7, 11) is -2.69. The van der Waals surface area contributed by atoms with E-state index in [0.29, 0.717) is 17.2 Å². The van der Waals surface area contributed by atoms with Gasteiger partial charge in [0.15, 0.2) is 5.76 Å². The highest BCUT2D eigenvalue weighted by atomic mass is 32.2. The summed E-state index contributed by atoms with van der Waals surface area (Å²) in [4.78, 5) is 14.6. The van der Waals surface area contributed by atoms with Crippen molar-refractivity contribution in [2.75, 3.05) is 11.8 Å². The number of hydrogen-bond acceptors (Lipinski definition) is 7. The van der Waals surface area contributed by atoms with Crippen molar-refractivity contribution in [3.63, 3.8) is 0 Å². The van der Waals surface area contributed by atoms with Crippen LogP contribution in [0.5, 0.6) is 5.75 Å². The quantitative estimate of drug-likeness (QED) is 0.318. The Labute approximate surface area is 183 Å². The standard InChI is InChI=1S/C22H17N3O6S/c1-30-20-12-9-17(25(26)27)13-19(20)24-32(28,29)18-10-7-16(8-11-18)22-23-14-21(31-22)15-5-3-2-4-6-15/h2-14,24H,1H3. The van der Waals surface area contributed by atoms with Crippen LogP contribution in [0.15, 0.2) is 88.3 Å². The number of nitrogens with zero attached hydrogens (tertiary/aromatic N) is 2. The zero-order chi connectivity index (χ0) is 22.7. The largest absolute Gasteiger partial charge is 0.495 e. The minimum atomic E-state index is -4.03. The first kappa shape index (κ1) is 21.1. The highest BCUT2D eigenvalue weighted by molar-refractivity contribution is 7.92. The predicted molar refractivity (Wildman–Crippen MR) is 118 cm³/mol. The third-order valence-electron chi connectivity index (χ3n) is 4.61. The Morgan fingerprint density at radius 1 is 1.00 bits per heavy atom. The zero-order valence-corrected chi connectivity index (χ0v) is 17.6. The van der Waals surface area contributed by atoms with E-state index < -0.39 is 14.9 Å². The minimum Gasteiger partial charge on any atom is -0.495 e. The van der Waals surface area contributed by atoms with E-state index in [1.807, 2.05) is 30.3 Å². The molecule has 10 heteroatoms. The number of non-ortho nitro benzene ring substituents is 1. The molecule has 0 bridgehead atoms. The van der Waals surface area contributed by atoms with Crippen LogP contribution in [0.2, 0.25) is 0 Å². The van der Waals surface area contributed by atoms with Gasteiger partial charge < -0.3 is 9.15 Å². The normalized spacial score (nSPS) is 11.2. The number of rotatable bonds is 7. The van der Waals surface area contributed by atoms with Crippen molar-refractivity contribution in [3.05, 3.63) is 89.1 Å². The number of nitro groups is 1.